The summed E-state index contributed by atoms with van der Waals surface area (Å²) in [5.74, 6) is -0.268. The highest BCUT2D eigenvalue weighted by Gasteiger charge is 2.10. The van der Waals surface area contributed by atoms with E-state index in [-0.39, 0.29) is 17.4 Å². The summed E-state index contributed by atoms with van der Waals surface area (Å²) in [7, 11) is 0. The van der Waals surface area contributed by atoms with Crippen molar-refractivity contribution in [3.63, 3.8) is 0 Å². The molecule has 5 nitrogen and oxygen atoms in total. The van der Waals surface area contributed by atoms with Crippen LogP contribution in [0.5, 0.6) is 0 Å². The Labute approximate surface area is 106 Å². The molecule has 2 rings (SSSR count). The van der Waals surface area contributed by atoms with Crippen molar-refractivity contribution in [3.05, 3.63) is 34.3 Å². The van der Waals surface area contributed by atoms with Crippen molar-refractivity contribution < 1.29 is 9.90 Å². The molecule has 7 heteroatoms. The normalized spacial score (nSPS) is 11.7. The summed E-state index contributed by atoms with van der Waals surface area (Å²) in [6.45, 7) is 0. The Morgan fingerprint density at radius 1 is 1.65 bits per heavy atom. The van der Waals surface area contributed by atoms with Gasteiger partial charge in [-0.25, -0.2) is 0 Å². The Hall–Kier alpha value is -1.60. The molecule has 0 aliphatic carbocycles. The number of nitrogens with zero attached hydrogens (tertiary/aromatic N) is 2. The third kappa shape index (κ3) is 2.75. The molecule has 2 N–H and O–H groups in total. The monoisotopic (exact) mass is 267 g/mol. The second kappa shape index (κ2) is 5.15. The van der Waals surface area contributed by atoms with Crippen molar-refractivity contribution in [2.24, 2.45) is 0 Å². The minimum Gasteiger partial charge on any atom is -0.504 e. The minimum atomic E-state index is -0.250. The number of aliphatic hydroxyl groups excluding tert-OH is 1. The lowest BCUT2D eigenvalue weighted by molar-refractivity contribution is 0.104. The molecule has 0 aliphatic rings. The lowest BCUT2D eigenvalue weighted by Crippen LogP contribution is -1.94. The van der Waals surface area contributed by atoms with E-state index in [0.717, 1.165) is 6.08 Å². The van der Waals surface area contributed by atoms with Gasteiger partial charge in [-0.1, -0.05) is 17.8 Å². The van der Waals surface area contributed by atoms with E-state index in [1.165, 1.54) is 23.1 Å². The predicted molar refractivity (Wildman–Crippen MR) is 67.4 cm³/mol. The van der Waals surface area contributed by atoms with Crippen LogP contribution in [0.4, 0.5) is 0 Å². The number of carbonyl (C=O) groups excluding carboxylic acids is 1. The molecule has 0 atom stereocenters. The number of hydrogen-bond donors (Lipinski definition) is 2. The van der Waals surface area contributed by atoms with Crippen molar-refractivity contribution in [2.45, 2.75) is 5.16 Å². The molecular weight excluding hydrogens is 258 g/mol. The van der Waals surface area contributed by atoms with Crippen LogP contribution in [0.3, 0.4) is 0 Å². The molecule has 0 radical (unpaired) electrons. The SMILES string of the molecule is CSc1n[nH]c(/C(O)=C/C(=O)c2cccs2)n1. The van der Waals surface area contributed by atoms with Gasteiger partial charge in [0, 0.05) is 6.08 Å². The van der Waals surface area contributed by atoms with Gasteiger partial charge in [-0.15, -0.1) is 16.4 Å². The molecule has 2 heterocycles. The molecule has 0 bridgehead atoms. The topological polar surface area (TPSA) is 78.9 Å². The van der Waals surface area contributed by atoms with Crippen LogP contribution in [0.2, 0.25) is 0 Å². The molecule has 0 spiro atoms. The van der Waals surface area contributed by atoms with Crippen LogP contribution in [0.1, 0.15) is 15.5 Å². The molecule has 88 valence electrons. The van der Waals surface area contributed by atoms with E-state index in [4.69, 9.17) is 0 Å². The summed E-state index contributed by atoms with van der Waals surface area (Å²) < 4.78 is 0. The van der Waals surface area contributed by atoms with E-state index in [1.54, 1.807) is 17.5 Å². The fourth-order valence-electron chi connectivity index (χ4n) is 1.13. The summed E-state index contributed by atoms with van der Waals surface area (Å²) in [5.41, 5.74) is 0. The van der Waals surface area contributed by atoms with Gasteiger partial charge in [-0.05, 0) is 17.7 Å². The standard InChI is InChI=1S/C10H9N3O2S2/c1-16-10-11-9(12-13-10)7(15)5-6(14)8-3-2-4-17-8/h2-5,15H,1H3,(H,11,12,13)/b7-5-. The Balaban J connectivity index is 2.19. The number of thioether (sulfide) groups is 1. The Morgan fingerprint density at radius 2 is 2.47 bits per heavy atom. The molecule has 0 fully saturated rings. The molecule has 0 saturated carbocycles. The Kier molecular flexibility index (Phi) is 3.60. The van der Waals surface area contributed by atoms with E-state index >= 15 is 0 Å². The number of aromatic amines is 1. The third-order valence-electron chi connectivity index (χ3n) is 1.92. The summed E-state index contributed by atoms with van der Waals surface area (Å²) in [6.07, 6.45) is 2.96. The maximum absolute atomic E-state index is 11.7. The first kappa shape index (κ1) is 11.9. The highest BCUT2D eigenvalue weighted by molar-refractivity contribution is 7.98. The molecular formula is C10H9N3O2S2. The van der Waals surface area contributed by atoms with Crippen molar-refractivity contribution in [2.75, 3.05) is 6.26 Å². The first-order valence-corrected chi connectivity index (χ1v) is 6.76. The fraction of sp³-hybridized carbons (Fsp3) is 0.100. The summed E-state index contributed by atoms with van der Waals surface area (Å²) in [6, 6.07) is 3.48. The number of thiophene rings is 1. The van der Waals surface area contributed by atoms with E-state index in [1.807, 2.05) is 6.26 Å². The number of H-pyrrole nitrogens is 1. The molecule has 0 aliphatic heterocycles. The molecule has 0 amide bonds. The predicted octanol–water partition coefficient (Wildman–Crippen LogP) is 2.37. The van der Waals surface area contributed by atoms with Gasteiger partial charge in [0.2, 0.25) is 5.16 Å². The van der Waals surface area contributed by atoms with Crippen molar-refractivity contribution in [1.29, 1.82) is 0 Å². The van der Waals surface area contributed by atoms with E-state index in [9.17, 15) is 9.90 Å². The van der Waals surface area contributed by atoms with Crippen LogP contribution in [0, 0.1) is 0 Å². The average molecular weight is 267 g/mol. The minimum absolute atomic E-state index is 0.194. The van der Waals surface area contributed by atoms with Crippen LogP contribution in [-0.4, -0.2) is 32.3 Å². The number of allylic oxidation sites excluding steroid dienone is 1. The zero-order chi connectivity index (χ0) is 12.3. The lowest BCUT2D eigenvalue weighted by atomic mass is 10.3. The number of ketones is 1. The number of carbonyl (C=O) groups is 1. The quantitative estimate of drug-likeness (QED) is 0.385. The van der Waals surface area contributed by atoms with Crippen molar-refractivity contribution in [1.82, 2.24) is 15.2 Å². The smallest absolute Gasteiger partial charge is 0.208 e. The van der Waals surface area contributed by atoms with Crippen LogP contribution in [0.15, 0.2) is 28.7 Å². The van der Waals surface area contributed by atoms with Gasteiger partial charge in [-0.3, -0.25) is 9.89 Å². The second-order valence-electron chi connectivity index (χ2n) is 3.04. The highest BCUT2D eigenvalue weighted by Crippen LogP contribution is 2.15. The largest absolute Gasteiger partial charge is 0.504 e. The van der Waals surface area contributed by atoms with Crippen LogP contribution in [-0.2, 0) is 0 Å². The van der Waals surface area contributed by atoms with Crippen molar-refractivity contribution in [3.8, 4) is 0 Å². The summed E-state index contributed by atoms with van der Waals surface area (Å²) in [4.78, 5) is 16.2. The maximum atomic E-state index is 11.7. The summed E-state index contributed by atoms with van der Waals surface area (Å²) in [5, 5.41) is 18.4. The van der Waals surface area contributed by atoms with Crippen molar-refractivity contribution >= 4 is 34.6 Å². The number of aromatic nitrogens is 3. The molecule has 17 heavy (non-hydrogen) atoms. The molecule has 0 aromatic carbocycles. The van der Waals surface area contributed by atoms with E-state index in [2.05, 4.69) is 15.2 Å². The lowest BCUT2D eigenvalue weighted by Gasteiger charge is -1.93. The van der Waals surface area contributed by atoms with E-state index < -0.39 is 0 Å². The zero-order valence-corrected chi connectivity index (χ0v) is 10.5. The van der Waals surface area contributed by atoms with Gasteiger partial charge in [-0.2, -0.15) is 4.98 Å². The van der Waals surface area contributed by atoms with Gasteiger partial charge in [0.1, 0.15) is 0 Å². The number of aliphatic hydroxyl groups is 1. The highest BCUT2D eigenvalue weighted by atomic mass is 32.2. The molecule has 2 aromatic rings. The fourth-order valence-corrected chi connectivity index (χ4v) is 2.09. The van der Waals surface area contributed by atoms with Gasteiger partial charge in [0.15, 0.2) is 17.4 Å². The average Bonchev–Trinajstić information content (AvgIpc) is 3.00. The molecule has 0 saturated heterocycles. The first-order chi connectivity index (χ1) is 8.20. The van der Waals surface area contributed by atoms with Gasteiger partial charge < -0.3 is 5.11 Å². The summed E-state index contributed by atoms with van der Waals surface area (Å²) >= 11 is 2.67. The molecule has 2 aromatic heterocycles. The third-order valence-corrected chi connectivity index (χ3v) is 3.35. The van der Waals surface area contributed by atoms with Gasteiger partial charge in [0.25, 0.3) is 0 Å². The Bertz CT molecular complexity index is 546. The van der Waals surface area contributed by atoms with E-state index in [0.29, 0.717) is 10.0 Å². The Morgan fingerprint density at radius 3 is 3.06 bits per heavy atom. The maximum Gasteiger partial charge on any atom is 0.208 e. The zero-order valence-electron chi connectivity index (χ0n) is 8.88. The number of hydrogen-bond acceptors (Lipinski definition) is 6. The number of rotatable bonds is 4. The van der Waals surface area contributed by atoms with Crippen LogP contribution in [0.25, 0.3) is 5.76 Å². The number of nitrogens with one attached hydrogen (secondary N) is 1. The van der Waals surface area contributed by atoms with Gasteiger partial charge >= 0.3 is 0 Å². The second-order valence-corrected chi connectivity index (χ2v) is 4.76. The molecule has 0 unspecified atom stereocenters. The van der Waals surface area contributed by atoms with Crippen LogP contribution >= 0.6 is 23.1 Å². The first-order valence-electron chi connectivity index (χ1n) is 4.66. The van der Waals surface area contributed by atoms with Gasteiger partial charge in [0.05, 0.1) is 4.88 Å². The van der Waals surface area contributed by atoms with Crippen LogP contribution < -0.4 is 0 Å².